The van der Waals surface area contributed by atoms with Gasteiger partial charge in [0.15, 0.2) is 0 Å². The van der Waals surface area contributed by atoms with Crippen molar-refractivity contribution in [1.29, 1.82) is 0 Å². The Balaban J connectivity index is 1.81. The van der Waals surface area contributed by atoms with Crippen molar-refractivity contribution in [3.05, 3.63) is 29.8 Å². The van der Waals surface area contributed by atoms with Crippen LogP contribution in [0.4, 0.5) is 5.69 Å². The molecule has 108 valence electrons. The van der Waals surface area contributed by atoms with Crippen molar-refractivity contribution < 1.29 is 4.79 Å². The summed E-state index contributed by atoms with van der Waals surface area (Å²) in [6.45, 7) is 0. The molecule has 2 rings (SSSR count). The molecule has 0 unspecified atom stereocenters. The summed E-state index contributed by atoms with van der Waals surface area (Å²) < 4.78 is 0. The number of hydrogen-bond acceptors (Lipinski definition) is 2. The van der Waals surface area contributed by atoms with E-state index in [1.165, 1.54) is 32.1 Å². The van der Waals surface area contributed by atoms with Gasteiger partial charge in [-0.1, -0.05) is 56.5 Å². The number of rotatable bonds is 5. The molecule has 20 heavy (non-hydrogen) atoms. The second kappa shape index (κ2) is 7.39. The van der Waals surface area contributed by atoms with Crippen LogP contribution in [0.1, 0.15) is 50.5 Å². The van der Waals surface area contributed by atoms with Crippen LogP contribution in [0.5, 0.6) is 0 Å². The number of benzene rings is 1. The van der Waals surface area contributed by atoms with Crippen molar-refractivity contribution >= 4 is 28.8 Å². The first-order chi connectivity index (χ1) is 9.65. The van der Waals surface area contributed by atoms with Gasteiger partial charge in [0.25, 0.3) is 0 Å². The first kappa shape index (κ1) is 15.0. The van der Waals surface area contributed by atoms with Gasteiger partial charge >= 0.3 is 0 Å². The van der Waals surface area contributed by atoms with Crippen LogP contribution in [-0.4, -0.2) is 10.9 Å². The third-order valence-electron chi connectivity index (χ3n) is 3.94. The van der Waals surface area contributed by atoms with Crippen LogP contribution in [-0.2, 0) is 4.79 Å². The third kappa shape index (κ3) is 4.60. The second-order valence-electron chi connectivity index (χ2n) is 5.54. The Bertz CT molecular complexity index is 481. The molecule has 3 nitrogen and oxygen atoms in total. The molecule has 1 aromatic carbocycles. The average molecular weight is 290 g/mol. The van der Waals surface area contributed by atoms with Gasteiger partial charge in [-0.15, -0.1) is 0 Å². The molecule has 0 atom stereocenters. The van der Waals surface area contributed by atoms with E-state index in [2.05, 4.69) is 5.32 Å². The van der Waals surface area contributed by atoms with Crippen LogP contribution >= 0.6 is 12.2 Å². The summed E-state index contributed by atoms with van der Waals surface area (Å²) in [6, 6.07) is 7.38. The van der Waals surface area contributed by atoms with Crippen molar-refractivity contribution in [2.24, 2.45) is 11.7 Å². The summed E-state index contributed by atoms with van der Waals surface area (Å²) >= 11 is 4.94. The minimum atomic E-state index is 0.0793. The fraction of sp³-hybridized carbons (Fsp3) is 0.500. The summed E-state index contributed by atoms with van der Waals surface area (Å²) in [5, 5.41) is 2.92. The van der Waals surface area contributed by atoms with Crippen LogP contribution in [0.2, 0.25) is 0 Å². The van der Waals surface area contributed by atoms with E-state index in [9.17, 15) is 4.79 Å². The Morgan fingerprint density at radius 1 is 1.30 bits per heavy atom. The van der Waals surface area contributed by atoms with Gasteiger partial charge in [-0.3, -0.25) is 4.79 Å². The minimum Gasteiger partial charge on any atom is -0.389 e. The summed E-state index contributed by atoms with van der Waals surface area (Å²) in [5.74, 6) is 0.813. The topological polar surface area (TPSA) is 55.1 Å². The maximum Gasteiger partial charge on any atom is 0.224 e. The van der Waals surface area contributed by atoms with E-state index in [0.29, 0.717) is 11.4 Å². The molecule has 0 radical (unpaired) electrons. The van der Waals surface area contributed by atoms with Crippen LogP contribution in [0.15, 0.2) is 24.3 Å². The van der Waals surface area contributed by atoms with Gasteiger partial charge in [-0.25, -0.2) is 0 Å². The van der Waals surface area contributed by atoms with Gasteiger partial charge in [-0.05, 0) is 24.5 Å². The zero-order chi connectivity index (χ0) is 14.4. The average Bonchev–Trinajstić information content (AvgIpc) is 2.46. The number of amides is 1. The Morgan fingerprint density at radius 2 is 2.05 bits per heavy atom. The molecule has 1 aliphatic carbocycles. The fourth-order valence-electron chi connectivity index (χ4n) is 2.78. The predicted molar refractivity (Wildman–Crippen MR) is 86.8 cm³/mol. The Morgan fingerprint density at radius 3 is 2.75 bits per heavy atom. The standard InChI is InChI=1S/C16H22N2OS/c17-16(20)13-7-4-8-14(11-13)18-15(19)10-9-12-5-2-1-3-6-12/h4,7-8,11-12H,1-3,5-6,9-10H2,(H2,17,20)(H,18,19). The highest BCUT2D eigenvalue weighted by Gasteiger charge is 2.14. The molecule has 0 aliphatic heterocycles. The quantitative estimate of drug-likeness (QED) is 0.814. The molecule has 0 saturated heterocycles. The van der Waals surface area contributed by atoms with E-state index in [-0.39, 0.29) is 5.91 Å². The minimum absolute atomic E-state index is 0.0793. The predicted octanol–water partition coefficient (Wildman–Crippen LogP) is 3.62. The normalized spacial score (nSPS) is 15.8. The zero-order valence-corrected chi connectivity index (χ0v) is 12.5. The number of nitrogens with one attached hydrogen (secondary N) is 1. The molecule has 3 N–H and O–H groups in total. The lowest BCUT2D eigenvalue weighted by Gasteiger charge is -2.21. The van der Waals surface area contributed by atoms with Crippen molar-refractivity contribution in [1.82, 2.24) is 0 Å². The smallest absolute Gasteiger partial charge is 0.224 e. The number of hydrogen-bond donors (Lipinski definition) is 2. The summed E-state index contributed by atoms with van der Waals surface area (Å²) in [5.41, 5.74) is 7.14. The molecule has 0 aromatic heterocycles. The number of carbonyl (C=O) groups is 1. The second-order valence-corrected chi connectivity index (χ2v) is 5.98. The van der Waals surface area contributed by atoms with Gasteiger partial charge in [0.2, 0.25) is 5.91 Å². The monoisotopic (exact) mass is 290 g/mol. The fourth-order valence-corrected chi connectivity index (χ4v) is 2.91. The van der Waals surface area contributed by atoms with E-state index in [1.807, 2.05) is 24.3 Å². The van der Waals surface area contributed by atoms with Crippen LogP contribution in [0, 0.1) is 5.92 Å². The highest BCUT2D eigenvalue weighted by molar-refractivity contribution is 7.80. The third-order valence-corrected chi connectivity index (χ3v) is 4.17. The van der Waals surface area contributed by atoms with Gasteiger partial charge in [-0.2, -0.15) is 0 Å². The van der Waals surface area contributed by atoms with E-state index < -0.39 is 0 Å². The highest BCUT2D eigenvalue weighted by atomic mass is 32.1. The van der Waals surface area contributed by atoms with Crippen molar-refractivity contribution in [2.75, 3.05) is 5.32 Å². The Labute approximate surface area is 125 Å². The number of nitrogens with two attached hydrogens (primary N) is 1. The lowest BCUT2D eigenvalue weighted by Crippen LogP contribution is -2.15. The lowest BCUT2D eigenvalue weighted by atomic mass is 9.86. The van der Waals surface area contributed by atoms with Gasteiger partial charge in [0, 0.05) is 17.7 Å². The van der Waals surface area contributed by atoms with E-state index >= 15 is 0 Å². The van der Waals surface area contributed by atoms with Crippen molar-refractivity contribution in [3.8, 4) is 0 Å². The molecule has 1 amide bonds. The molecule has 0 heterocycles. The molecular weight excluding hydrogens is 268 g/mol. The zero-order valence-electron chi connectivity index (χ0n) is 11.7. The number of anilines is 1. The first-order valence-electron chi connectivity index (χ1n) is 7.35. The van der Waals surface area contributed by atoms with Crippen LogP contribution < -0.4 is 11.1 Å². The summed E-state index contributed by atoms with van der Waals surface area (Å²) in [4.78, 5) is 12.3. The van der Waals surface area contributed by atoms with Gasteiger partial charge in [0.1, 0.15) is 4.99 Å². The summed E-state index contributed by atoms with van der Waals surface area (Å²) in [6.07, 6.45) is 8.16. The van der Waals surface area contributed by atoms with E-state index in [0.717, 1.165) is 23.6 Å². The van der Waals surface area contributed by atoms with Crippen molar-refractivity contribution in [3.63, 3.8) is 0 Å². The molecule has 0 bridgehead atoms. The van der Waals surface area contributed by atoms with Gasteiger partial charge < -0.3 is 11.1 Å². The van der Waals surface area contributed by atoms with E-state index in [4.69, 9.17) is 18.0 Å². The molecule has 4 heteroatoms. The summed E-state index contributed by atoms with van der Waals surface area (Å²) in [7, 11) is 0. The molecular formula is C16H22N2OS. The molecule has 1 aliphatic rings. The van der Waals surface area contributed by atoms with E-state index in [1.54, 1.807) is 0 Å². The maximum atomic E-state index is 12.0. The van der Waals surface area contributed by atoms with Crippen molar-refractivity contribution in [2.45, 2.75) is 44.9 Å². The Kier molecular flexibility index (Phi) is 5.53. The molecule has 1 saturated carbocycles. The van der Waals surface area contributed by atoms with Crippen LogP contribution in [0.25, 0.3) is 0 Å². The van der Waals surface area contributed by atoms with Crippen LogP contribution in [0.3, 0.4) is 0 Å². The molecule has 1 fully saturated rings. The Hall–Kier alpha value is -1.42. The number of thiocarbonyl (C=S) groups is 1. The largest absolute Gasteiger partial charge is 0.389 e. The molecule has 0 spiro atoms. The maximum absolute atomic E-state index is 12.0. The number of carbonyl (C=O) groups excluding carboxylic acids is 1. The molecule has 1 aromatic rings. The highest BCUT2D eigenvalue weighted by Crippen LogP contribution is 2.27. The van der Waals surface area contributed by atoms with Gasteiger partial charge in [0.05, 0.1) is 0 Å². The first-order valence-corrected chi connectivity index (χ1v) is 7.75. The lowest BCUT2D eigenvalue weighted by molar-refractivity contribution is -0.116. The SMILES string of the molecule is NC(=S)c1cccc(NC(=O)CCC2CCCCC2)c1.